The molecular weight excluding hydrogens is 247 g/mol. The molecule has 0 bridgehead atoms. The topological polar surface area (TPSA) is 49.3 Å². The van der Waals surface area contributed by atoms with Crippen LogP contribution in [0.5, 0.6) is 0 Å². The van der Waals surface area contributed by atoms with Crippen molar-refractivity contribution >= 4 is 5.91 Å². The smallest absolute Gasteiger partial charge is 0.384 e. The van der Waals surface area contributed by atoms with Gasteiger partial charge in [-0.2, -0.15) is 13.2 Å². The Kier molecular flexibility index (Phi) is 7.98. The molecule has 0 aromatic carbocycles. The number of carbonyl (C=O) groups is 1. The van der Waals surface area contributed by atoms with E-state index in [9.17, 15) is 18.0 Å². The molecule has 0 rings (SSSR count). The molecule has 0 aliphatic heterocycles. The molecule has 0 aromatic rings. The summed E-state index contributed by atoms with van der Waals surface area (Å²) >= 11 is 0. The number of nitrogens with one attached hydrogen (secondary N) is 1. The molecule has 3 nitrogen and oxygen atoms in total. The maximum absolute atomic E-state index is 12.2. The van der Waals surface area contributed by atoms with E-state index >= 15 is 0 Å². The van der Waals surface area contributed by atoms with Gasteiger partial charge in [0.15, 0.2) is 6.10 Å². The number of rotatable bonds is 8. The van der Waals surface area contributed by atoms with Crippen molar-refractivity contribution < 1.29 is 23.1 Å². The number of unbranched alkanes of at least 4 members (excludes halogenated alkanes) is 3. The van der Waals surface area contributed by atoms with Crippen molar-refractivity contribution in [3.05, 3.63) is 0 Å². The Hall–Kier alpha value is -0.780. The third-order valence-corrected chi connectivity index (χ3v) is 2.70. The lowest BCUT2D eigenvalue weighted by Gasteiger charge is -2.22. The summed E-state index contributed by atoms with van der Waals surface area (Å²) in [4.78, 5) is 10.9. The van der Waals surface area contributed by atoms with Crippen molar-refractivity contribution in [1.29, 1.82) is 0 Å². The molecule has 0 aliphatic carbocycles. The van der Waals surface area contributed by atoms with Gasteiger partial charge in [-0.1, -0.05) is 32.6 Å². The van der Waals surface area contributed by atoms with Crippen LogP contribution in [0.1, 0.15) is 52.4 Å². The van der Waals surface area contributed by atoms with Crippen LogP contribution in [0, 0.1) is 0 Å². The van der Waals surface area contributed by atoms with E-state index in [0.717, 1.165) is 25.7 Å². The van der Waals surface area contributed by atoms with Crippen LogP contribution < -0.4 is 5.32 Å². The second-order valence-corrected chi connectivity index (χ2v) is 4.54. The summed E-state index contributed by atoms with van der Waals surface area (Å²) in [5, 5.41) is 11.5. The van der Waals surface area contributed by atoms with Crippen LogP contribution in [0.4, 0.5) is 13.2 Å². The van der Waals surface area contributed by atoms with Gasteiger partial charge in [-0.25, -0.2) is 0 Å². The molecule has 0 saturated carbocycles. The molecule has 0 heterocycles. The Morgan fingerprint density at radius 2 is 1.89 bits per heavy atom. The number of halogens is 3. The monoisotopic (exact) mass is 269 g/mol. The lowest BCUT2D eigenvalue weighted by Crippen LogP contribution is -2.40. The van der Waals surface area contributed by atoms with Gasteiger partial charge in [-0.3, -0.25) is 4.79 Å². The largest absolute Gasteiger partial charge is 0.414 e. The fourth-order valence-corrected chi connectivity index (χ4v) is 1.76. The Morgan fingerprint density at radius 3 is 2.33 bits per heavy atom. The number of hydrogen-bond donors (Lipinski definition) is 2. The zero-order chi connectivity index (χ0) is 14.2. The molecule has 0 radical (unpaired) electrons. The van der Waals surface area contributed by atoms with Gasteiger partial charge in [0.2, 0.25) is 5.91 Å². The molecule has 0 saturated heterocycles. The molecule has 0 spiro atoms. The van der Waals surface area contributed by atoms with Crippen molar-refractivity contribution in [2.45, 2.75) is 70.7 Å². The SMILES string of the molecule is CCCCCC[C@H](C[C@@H](O)C(F)(F)F)NC(C)=O. The quantitative estimate of drug-likeness (QED) is 0.666. The molecule has 0 aliphatic rings. The van der Waals surface area contributed by atoms with Crippen molar-refractivity contribution in [1.82, 2.24) is 5.32 Å². The van der Waals surface area contributed by atoms with Gasteiger partial charge in [-0.05, 0) is 6.42 Å². The van der Waals surface area contributed by atoms with E-state index in [1.807, 2.05) is 6.92 Å². The number of amides is 1. The van der Waals surface area contributed by atoms with E-state index in [4.69, 9.17) is 5.11 Å². The molecule has 6 heteroatoms. The first-order valence-electron chi connectivity index (χ1n) is 6.29. The Labute approximate surface area is 106 Å². The number of hydrogen-bond acceptors (Lipinski definition) is 2. The maximum atomic E-state index is 12.2. The van der Waals surface area contributed by atoms with E-state index in [1.54, 1.807) is 0 Å². The fraction of sp³-hybridized carbons (Fsp3) is 0.917. The Balaban J connectivity index is 4.18. The van der Waals surface area contributed by atoms with Crippen LogP contribution >= 0.6 is 0 Å². The van der Waals surface area contributed by atoms with Gasteiger partial charge in [0.05, 0.1) is 0 Å². The van der Waals surface area contributed by atoms with Crippen molar-refractivity contribution in [3.63, 3.8) is 0 Å². The molecule has 2 atom stereocenters. The lowest BCUT2D eigenvalue weighted by atomic mass is 10.0. The maximum Gasteiger partial charge on any atom is 0.414 e. The highest BCUT2D eigenvalue weighted by Gasteiger charge is 2.39. The van der Waals surface area contributed by atoms with Crippen molar-refractivity contribution in [2.24, 2.45) is 0 Å². The molecule has 108 valence electrons. The van der Waals surface area contributed by atoms with Crippen LogP contribution in [0.25, 0.3) is 0 Å². The predicted molar refractivity (Wildman–Crippen MR) is 63.0 cm³/mol. The minimum Gasteiger partial charge on any atom is -0.384 e. The van der Waals surface area contributed by atoms with E-state index in [0.29, 0.717) is 6.42 Å². The van der Waals surface area contributed by atoms with E-state index < -0.39 is 24.7 Å². The Bertz CT molecular complexity index is 244. The van der Waals surface area contributed by atoms with Crippen LogP contribution in [-0.4, -0.2) is 29.3 Å². The summed E-state index contributed by atoms with van der Waals surface area (Å²) in [5.74, 6) is -0.370. The molecule has 2 N–H and O–H groups in total. The normalized spacial score (nSPS) is 15.2. The summed E-state index contributed by atoms with van der Waals surface area (Å²) < 4.78 is 36.7. The lowest BCUT2D eigenvalue weighted by molar-refractivity contribution is -0.207. The van der Waals surface area contributed by atoms with Gasteiger partial charge in [0, 0.05) is 19.4 Å². The Morgan fingerprint density at radius 1 is 1.28 bits per heavy atom. The average Bonchev–Trinajstić information content (AvgIpc) is 2.21. The minimum atomic E-state index is -4.62. The summed E-state index contributed by atoms with van der Waals surface area (Å²) in [7, 11) is 0. The predicted octanol–water partition coefficient (Wildman–Crippen LogP) is 2.77. The van der Waals surface area contributed by atoms with Crippen LogP contribution in [0.15, 0.2) is 0 Å². The van der Waals surface area contributed by atoms with Crippen LogP contribution in [-0.2, 0) is 4.79 Å². The number of aliphatic hydroxyl groups excluding tert-OH is 1. The third-order valence-electron chi connectivity index (χ3n) is 2.70. The van der Waals surface area contributed by atoms with Crippen molar-refractivity contribution in [2.75, 3.05) is 0 Å². The first-order valence-corrected chi connectivity index (χ1v) is 6.29. The van der Waals surface area contributed by atoms with E-state index in [-0.39, 0.29) is 5.91 Å². The summed E-state index contributed by atoms with van der Waals surface area (Å²) in [5.41, 5.74) is 0. The van der Waals surface area contributed by atoms with E-state index in [1.165, 1.54) is 6.92 Å². The van der Waals surface area contributed by atoms with Gasteiger partial charge >= 0.3 is 6.18 Å². The van der Waals surface area contributed by atoms with Gasteiger partial charge < -0.3 is 10.4 Å². The van der Waals surface area contributed by atoms with Gasteiger partial charge in [0.1, 0.15) is 0 Å². The molecule has 0 unspecified atom stereocenters. The number of aliphatic hydroxyl groups is 1. The first kappa shape index (κ1) is 17.2. The minimum absolute atomic E-state index is 0.370. The molecule has 0 aromatic heterocycles. The zero-order valence-corrected chi connectivity index (χ0v) is 10.9. The molecule has 1 amide bonds. The standard InChI is InChI=1S/C12H22F3NO2/c1-3-4-5-6-7-10(16-9(2)17)8-11(18)12(13,14)15/h10-11,18H,3-8H2,1-2H3,(H,16,17)/t10-,11-/m1/s1. The third kappa shape index (κ3) is 8.33. The second-order valence-electron chi connectivity index (χ2n) is 4.54. The second kappa shape index (κ2) is 8.34. The van der Waals surface area contributed by atoms with Gasteiger partial charge in [-0.15, -0.1) is 0 Å². The summed E-state index contributed by atoms with van der Waals surface area (Å²) in [6.45, 7) is 3.30. The number of alkyl halides is 3. The summed E-state index contributed by atoms with van der Waals surface area (Å²) in [6.07, 6.45) is -3.27. The van der Waals surface area contributed by atoms with Crippen LogP contribution in [0.2, 0.25) is 0 Å². The molecule has 18 heavy (non-hydrogen) atoms. The molecule has 0 fully saturated rings. The average molecular weight is 269 g/mol. The van der Waals surface area contributed by atoms with E-state index in [2.05, 4.69) is 5.32 Å². The zero-order valence-electron chi connectivity index (χ0n) is 10.9. The number of carbonyl (C=O) groups excluding carboxylic acids is 1. The summed E-state index contributed by atoms with van der Waals surface area (Å²) in [6, 6.07) is -0.615. The highest BCUT2D eigenvalue weighted by molar-refractivity contribution is 5.73. The molecular formula is C12H22F3NO2. The fourth-order valence-electron chi connectivity index (χ4n) is 1.76. The van der Waals surface area contributed by atoms with Crippen molar-refractivity contribution in [3.8, 4) is 0 Å². The van der Waals surface area contributed by atoms with Crippen LogP contribution in [0.3, 0.4) is 0 Å². The van der Waals surface area contributed by atoms with Gasteiger partial charge in [0.25, 0.3) is 0 Å². The first-order chi connectivity index (χ1) is 8.27. The highest BCUT2D eigenvalue weighted by atomic mass is 19.4. The highest BCUT2D eigenvalue weighted by Crippen LogP contribution is 2.24.